The molecule has 0 bridgehead atoms. The molecule has 2 heterocycles. The van der Waals surface area contributed by atoms with E-state index in [1.165, 1.54) is 22.3 Å². The number of nitrogens with zero attached hydrogens (tertiary/aromatic N) is 3. The predicted octanol–water partition coefficient (Wildman–Crippen LogP) is 9.32. The number of hydrogen-bond donors (Lipinski definition) is 0. The van der Waals surface area contributed by atoms with Crippen LogP contribution in [0.1, 0.15) is 11.1 Å². The molecule has 1 radical (unpaired) electrons. The van der Waals surface area contributed by atoms with Crippen LogP contribution in [0.5, 0.6) is 0 Å². The Balaban J connectivity index is 0.000000200. The van der Waals surface area contributed by atoms with Crippen molar-refractivity contribution >= 4 is 11.0 Å². The molecule has 0 saturated heterocycles. The number of rotatable bonds is 4. The van der Waals surface area contributed by atoms with Crippen molar-refractivity contribution in [2.75, 3.05) is 0 Å². The van der Waals surface area contributed by atoms with Crippen molar-refractivity contribution in [1.29, 1.82) is 0 Å². The van der Waals surface area contributed by atoms with Crippen LogP contribution in [0.25, 0.3) is 50.5 Å². The zero-order chi connectivity index (χ0) is 28.0. The molecule has 0 saturated carbocycles. The first kappa shape index (κ1) is 28.9. The second-order valence-corrected chi connectivity index (χ2v) is 9.88. The molecule has 0 atom stereocenters. The first-order valence-corrected chi connectivity index (χ1v) is 13.7. The first-order chi connectivity index (χ1) is 20.2. The van der Waals surface area contributed by atoms with E-state index in [-0.39, 0.29) is 20.1 Å². The molecule has 7 rings (SSSR count). The van der Waals surface area contributed by atoms with Gasteiger partial charge in [0.25, 0.3) is 0 Å². The van der Waals surface area contributed by atoms with E-state index in [0.717, 1.165) is 39.4 Å². The molecular weight excluding hydrogens is 691 g/mol. The van der Waals surface area contributed by atoms with E-state index >= 15 is 0 Å². The second kappa shape index (κ2) is 13.4. The SMILES string of the molecule is Cc1cnc(-c2[c-]cccc2)cc1C.[Ir].[c-]1ccccc1-c1nc2cc(-c3ccccc3)ccc2n1-c1ccccc1. The molecule has 7 aromatic rings. The van der Waals surface area contributed by atoms with Crippen molar-refractivity contribution in [1.82, 2.24) is 14.5 Å². The average molecular weight is 720 g/mol. The Hall–Kier alpha value is -4.63. The summed E-state index contributed by atoms with van der Waals surface area (Å²) < 4.78 is 2.20. The van der Waals surface area contributed by atoms with Gasteiger partial charge < -0.3 is 9.55 Å². The zero-order valence-electron chi connectivity index (χ0n) is 23.5. The molecule has 0 amide bonds. The quantitative estimate of drug-likeness (QED) is 0.170. The Morgan fingerprint density at radius 2 is 1.24 bits per heavy atom. The van der Waals surface area contributed by atoms with Gasteiger partial charge in [0.1, 0.15) is 0 Å². The third-order valence-electron chi connectivity index (χ3n) is 7.08. The smallest absolute Gasteiger partial charge is 0.0780 e. The van der Waals surface area contributed by atoms with Gasteiger partial charge in [0.05, 0.1) is 16.9 Å². The third-order valence-corrected chi connectivity index (χ3v) is 7.08. The van der Waals surface area contributed by atoms with Gasteiger partial charge in [0.2, 0.25) is 0 Å². The third kappa shape index (κ3) is 6.31. The Morgan fingerprint density at radius 3 is 1.88 bits per heavy atom. The summed E-state index contributed by atoms with van der Waals surface area (Å²) in [6.45, 7) is 4.17. The minimum atomic E-state index is 0. The number of para-hydroxylation sites is 1. The molecule has 0 spiro atoms. The van der Waals surface area contributed by atoms with E-state index in [1.807, 2.05) is 60.8 Å². The van der Waals surface area contributed by atoms with Gasteiger partial charge in [0.15, 0.2) is 0 Å². The number of benzene rings is 5. The summed E-state index contributed by atoms with van der Waals surface area (Å²) in [5, 5.41) is 0. The van der Waals surface area contributed by atoms with Crippen molar-refractivity contribution in [3.05, 3.63) is 163 Å². The fourth-order valence-corrected chi connectivity index (χ4v) is 4.77. The summed E-state index contributed by atoms with van der Waals surface area (Å²) in [5.41, 5.74) is 11.1. The molecule has 0 unspecified atom stereocenters. The summed E-state index contributed by atoms with van der Waals surface area (Å²) in [7, 11) is 0. The fraction of sp³-hybridized carbons (Fsp3) is 0.0526. The summed E-state index contributed by atoms with van der Waals surface area (Å²) in [6, 6.07) is 51.7. The molecule has 0 fully saturated rings. The van der Waals surface area contributed by atoms with Crippen LogP contribution in [0.15, 0.2) is 140 Å². The van der Waals surface area contributed by atoms with Gasteiger partial charge in [-0.25, -0.2) is 0 Å². The summed E-state index contributed by atoms with van der Waals surface area (Å²) in [5.74, 6) is 0.905. The molecule has 3 nitrogen and oxygen atoms in total. The average Bonchev–Trinajstić information content (AvgIpc) is 3.43. The largest absolute Gasteiger partial charge is 0.333 e. The van der Waals surface area contributed by atoms with E-state index in [2.05, 4.69) is 114 Å². The monoisotopic (exact) mass is 720 g/mol. The van der Waals surface area contributed by atoms with Crippen LogP contribution in [-0.2, 0) is 20.1 Å². The molecular formula is C38H29IrN3-2. The van der Waals surface area contributed by atoms with Crippen molar-refractivity contribution in [3.63, 3.8) is 0 Å². The van der Waals surface area contributed by atoms with E-state index in [0.29, 0.717) is 0 Å². The number of hydrogen-bond acceptors (Lipinski definition) is 2. The predicted molar refractivity (Wildman–Crippen MR) is 169 cm³/mol. The zero-order valence-corrected chi connectivity index (χ0v) is 25.8. The molecule has 207 valence electrons. The summed E-state index contributed by atoms with van der Waals surface area (Å²) in [4.78, 5) is 9.36. The Bertz CT molecular complexity index is 1880. The topological polar surface area (TPSA) is 30.7 Å². The van der Waals surface area contributed by atoms with Gasteiger partial charge >= 0.3 is 0 Å². The van der Waals surface area contributed by atoms with Gasteiger partial charge in [-0.1, -0.05) is 66.2 Å². The van der Waals surface area contributed by atoms with Crippen molar-refractivity contribution in [2.24, 2.45) is 0 Å². The number of imidazole rings is 1. The minimum absolute atomic E-state index is 0. The summed E-state index contributed by atoms with van der Waals surface area (Å²) >= 11 is 0. The molecule has 0 N–H and O–H groups in total. The number of pyridine rings is 1. The van der Waals surface area contributed by atoms with Crippen molar-refractivity contribution < 1.29 is 20.1 Å². The molecule has 42 heavy (non-hydrogen) atoms. The maximum Gasteiger partial charge on any atom is 0.0780 e. The number of fused-ring (bicyclic) bond motifs is 1. The van der Waals surface area contributed by atoms with Gasteiger partial charge in [-0.3, -0.25) is 4.98 Å². The maximum atomic E-state index is 4.98. The van der Waals surface area contributed by atoms with Crippen LogP contribution >= 0.6 is 0 Å². The molecule has 0 aliphatic carbocycles. The van der Waals surface area contributed by atoms with E-state index in [4.69, 9.17) is 4.98 Å². The molecule has 0 aliphatic heterocycles. The Kier molecular flexibility index (Phi) is 9.18. The van der Waals surface area contributed by atoms with Crippen molar-refractivity contribution in [3.8, 4) is 39.5 Å². The first-order valence-electron chi connectivity index (χ1n) is 13.7. The number of aryl methyl sites for hydroxylation is 2. The Morgan fingerprint density at radius 1 is 0.595 bits per heavy atom. The van der Waals surface area contributed by atoms with Crippen molar-refractivity contribution in [2.45, 2.75) is 13.8 Å². The summed E-state index contributed by atoms with van der Waals surface area (Å²) in [6.07, 6.45) is 1.91. The van der Waals surface area contributed by atoms with Crippen LogP contribution in [0.4, 0.5) is 0 Å². The second-order valence-electron chi connectivity index (χ2n) is 9.88. The molecule has 2 aromatic heterocycles. The van der Waals surface area contributed by atoms with Crippen LogP contribution in [0, 0.1) is 26.0 Å². The van der Waals surface area contributed by atoms with Gasteiger partial charge in [-0.05, 0) is 60.5 Å². The molecule has 5 aromatic carbocycles. The standard InChI is InChI=1S/C25H17N2.C13H12N.Ir/c1-4-10-19(11-5-1)21-16-17-24-23(18-21)26-25(20-12-6-2-7-13-20)27(24)22-14-8-3-9-15-22;1-10-8-13(14-9-11(10)2)12-6-4-3-5-7-12;/h1-12,14-18H;3-6,8-9H,1-2H3;/q2*-1;. The normalized spacial score (nSPS) is 10.4. The van der Waals surface area contributed by atoms with Crippen LogP contribution in [0.3, 0.4) is 0 Å². The van der Waals surface area contributed by atoms with Crippen LogP contribution in [-0.4, -0.2) is 14.5 Å². The maximum absolute atomic E-state index is 4.98. The van der Waals surface area contributed by atoms with Crippen LogP contribution < -0.4 is 0 Å². The Labute approximate surface area is 260 Å². The molecule has 0 aliphatic rings. The van der Waals surface area contributed by atoms with E-state index in [9.17, 15) is 0 Å². The fourth-order valence-electron chi connectivity index (χ4n) is 4.77. The molecule has 4 heteroatoms. The minimum Gasteiger partial charge on any atom is -0.333 e. The van der Waals surface area contributed by atoms with Gasteiger partial charge in [-0.2, -0.15) is 0 Å². The number of aromatic nitrogens is 3. The van der Waals surface area contributed by atoms with Crippen LogP contribution in [0.2, 0.25) is 0 Å². The van der Waals surface area contributed by atoms with E-state index < -0.39 is 0 Å². The van der Waals surface area contributed by atoms with Gasteiger partial charge in [-0.15, -0.1) is 71.8 Å². The van der Waals surface area contributed by atoms with Gasteiger partial charge in [0, 0.05) is 32.0 Å². The van der Waals surface area contributed by atoms with E-state index in [1.54, 1.807) is 0 Å².